The number of carbonyl (C=O) groups excluding carboxylic acids is 3. The third kappa shape index (κ3) is 4.75. The molecule has 2 rings (SSSR count). The van der Waals surface area contributed by atoms with Crippen molar-refractivity contribution < 1.29 is 38.1 Å². The van der Waals surface area contributed by atoms with E-state index in [-0.39, 0.29) is 12.8 Å². The number of rotatable bonds is 7. The standard InChI is InChI=1S/C18H20FN3O9/c1-30-16(24)18(19,17(25)31-2)13-5-3-4-6-14(13)20-15(23)10-7-11(21(26)27)9-12(8-10)22(28)29/h7-9,13-14H,3-6H2,1-2H3,(H,20,23)/t13-,14-/m1/s1. The number of nitrogens with one attached hydrogen (secondary N) is 1. The summed E-state index contributed by atoms with van der Waals surface area (Å²) in [5, 5.41) is 24.5. The van der Waals surface area contributed by atoms with Crippen LogP contribution in [0.5, 0.6) is 0 Å². The molecule has 0 heterocycles. The fourth-order valence-corrected chi connectivity index (χ4v) is 3.65. The highest BCUT2D eigenvalue weighted by Gasteiger charge is 2.58. The zero-order valence-electron chi connectivity index (χ0n) is 16.7. The van der Waals surface area contributed by atoms with E-state index in [1.807, 2.05) is 0 Å². The summed E-state index contributed by atoms with van der Waals surface area (Å²) in [5.41, 5.74) is -4.94. The number of nitrogens with zero attached hydrogens (tertiary/aromatic N) is 2. The molecule has 1 amide bonds. The van der Waals surface area contributed by atoms with Crippen LogP contribution in [0.4, 0.5) is 15.8 Å². The molecule has 2 atom stereocenters. The van der Waals surface area contributed by atoms with Gasteiger partial charge in [0.2, 0.25) is 0 Å². The molecule has 0 spiro atoms. The summed E-state index contributed by atoms with van der Waals surface area (Å²) in [7, 11) is 1.80. The molecule has 31 heavy (non-hydrogen) atoms. The van der Waals surface area contributed by atoms with Crippen LogP contribution in [0, 0.1) is 26.1 Å². The second kappa shape index (κ2) is 9.45. The molecule has 0 saturated heterocycles. The Bertz CT molecular complexity index is 872. The Morgan fingerprint density at radius 2 is 1.48 bits per heavy atom. The first-order chi connectivity index (χ1) is 14.6. The van der Waals surface area contributed by atoms with Crippen molar-refractivity contribution in [2.24, 2.45) is 5.92 Å². The number of nitro benzene ring substituents is 2. The quantitative estimate of drug-likeness (QED) is 0.287. The molecule has 13 heteroatoms. The van der Waals surface area contributed by atoms with E-state index in [1.54, 1.807) is 0 Å². The largest absolute Gasteiger partial charge is 0.466 e. The first-order valence-electron chi connectivity index (χ1n) is 9.16. The first kappa shape index (κ1) is 23.6. The van der Waals surface area contributed by atoms with Crippen LogP contribution in [0.15, 0.2) is 18.2 Å². The molecule has 1 aliphatic carbocycles. The predicted octanol–water partition coefficient (Wildman–Crippen LogP) is 1.85. The van der Waals surface area contributed by atoms with Crippen LogP contribution in [-0.2, 0) is 19.1 Å². The fraction of sp³-hybridized carbons (Fsp3) is 0.500. The number of halogens is 1. The molecule has 0 aromatic heterocycles. The van der Waals surface area contributed by atoms with Crippen LogP contribution in [-0.4, -0.2) is 53.6 Å². The number of methoxy groups -OCH3 is 2. The smallest absolute Gasteiger partial charge is 0.355 e. The van der Waals surface area contributed by atoms with Crippen LogP contribution in [0.1, 0.15) is 36.0 Å². The highest BCUT2D eigenvalue weighted by atomic mass is 19.1. The van der Waals surface area contributed by atoms with Crippen LogP contribution in [0.3, 0.4) is 0 Å². The number of ether oxygens (including phenoxy) is 2. The Labute approximate surface area is 175 Å². The Morgan fingerprint density at radius 1 is 1.00 bits per heavy atom. The molecule has 1 fully saturated rings. The molecule has 1 saturated carbocycles. The van der Waals surface area contributed by atoms with Crippen LogP contribution >= 0.6 is 0 Å². The summed E-state index contributed by atoms with van der Waals surface area (Å²) in [4.78, 5) is 57.2. The number of hydrogen-bond acceptors (Lipinski definition) is 9. The van der Waals surface area contributed by atoms with Crippen molar-refractivity contribution in [3.8, 4) is 0 Å². The van der Waals surface area contributed by atoms with Gasteiger partial charge in [-0.1, -0.05) is 12.8 Å². The van der Waals surface area contributed by atoms with Gasteiger partial charge in [0.25, 0.3) is 17.3 Å². The number of benzene rings is 1. The van der Waals surface area contributed by atoms with Gasteiger partial charge in [0.05, 0.1) is 35.7 Å². The number of alkyl halides is 1. The average Bonchev–Trinajstić information content (AvgIpc) is 2.77. The van der Waals surface area contributed by atoms with E-state index in [4.69, 9.17) is 0 Å². The number of nitro groups is 2. The highest BCUT2D eigenvalue weighted by Crippen LogP contribution is 2.38. The number of amides is 1. The van der Waals surface area contributed by atoms with E-state index in [2.05, 4.69) is 14.8 Å². The molecular weight excluding hydrogens is 421 g/mol. The van der Waals surface area contributed by atoms with Gasteiger partial charge in [0, 0.05) is 24.1 Å². The van der Waals surface area contributed by atoms with Crippen molar-refractivity contribution in [2.75, 3.05) is 14.2 Å². The minimum Gasteiger partial charge on any atom is -0.466 e. The van der Waals surface area contributed by atoms with Gasteiger partial charge in [-0.25, -0.2) is 14.0 Å². The van der Waals surface area contributed by atoms with Gasteiger partial charge in [-0.05, 0) is 12.8 Å². The predicted molar refractivity (Wildman–Crippen MR) is 101 cm³/mol. The summed E-state index contributed by atoms with van der Waals surface area (Å²) in [6.07, 6.45) is 1.22. The maximum absolute atomic E-state index is 15.6. The zero-order valence-corrected chi connectivity index (χ0v) is 16.7. The van der Waals surface area contributed by atoms with Gasteiger partial charge in [0.1, 0.15) is 0 Å². The Hall–Kier alpha value is -3.64. The molecular formula is C18H20FN3O9. The third-order valence-electron chi connectivity index (χ3n) is 5.14. The Morgan fingerprint density at radius 3 is 1.94 bits per heavy atom. The van der Waals surface area contributed by atoms with E-state index in [9.17, 15) is 34.6 Å². The third-order valence-corrected chi connectivity index (χ3v) is 5.14. The van der Waals surface area contributed by atoms with E-state index >= 15 is 4.39 Å². The molecule has 0 unspecified atom stereocenters. The van der Waals surface area contributed by atoms with Gasteiger partial charge in [-0.2, -0.15) is 0 Å². The summed E-state index contributed by atoms with van der Waals surface area (Å²) in [5.74, 6) is -5.24. The number of esters is 2. The Kier molecular flexibility index (Phi) is 7.20. The number of carbonyl (C=O) groups is 3. The molecule has 1 aromatic rings. The summed E-state index contributed by atoms with van der Waals surface area (Å²) < 4.78 is 24.5. The molecule has 0 aliphatic heterocycles. The van der Waals surface area contributed by atoms with E-state index < -0.39 is 62.3 Å². The lowest BCUT2D eigenvalue weighted by atomic mass is 9.74. The molecule has 0 bridgehead atoms. The molecule has 1 N–H and O–H groups in total. The van der Waals surface area contributed by atoms with Crippen molar-refractivity contribution >= 4 is 29.2 Å². The summed E-state index contributed by atoms with van der Waals surface area (Å²) in [6, 6.07) is 1.33. The normalized spacial score (nSPS) is 18.5. The van der Waals surface area contributed by atoms with E-state index in [1.165, 1.54) is 0 Å². The summed E-state index contributed by atoms with van der Waals surface area (Å²) >= 11 is 0. The number of non-ortho nitro benzene ring substituents is 2. The molecule has 12 nitrogen and oxygen atoms in total. The fourth-order valence-electron chi connectivity index (χ4n) is 3.65. The van der Waals surface area contributed by atoms with Crippen molar-refractivity contribution in [1.29, 1.82) is 0 Å². The minimum absolute atomic E-state index is 0.0424. The SMILES string of the molecule is COC(=O)C(F)(C(=O)OC)[C@@H]1CCCC[C@H]1NC(=O)c1cc([N+](=O)[O-])cc([N+](=O)[O-])c1. The second-order valence-corrected chi connectivity index (χ2v) is 6.92. The lowest BCUT2D eigenvalue weighted by Crippen LogP contribution is -2.58. The average molecular weight is 441 g/mol. The van der Waals surface area contributed by atoms with Gasteiger partial charge in [0.15, 0.2) is 0 Å². The van der Waals surface area contributed by atoms with E-state index in [0.717, 1.165) is 26.4 Å². The monoisotopic (exact) mass is 441 g/mol. The van der Waals surface area contributed by atoms with Crippen molar-refractivity contribution in [3.05, 3.63) is 44.0 Å². The highest BCUT2D eigenvalue weighted by molar-refractivity contribution is 6.04. The van der Waals surface area contributed by atoms with Crippen LogP contribution < -0.4 is 5.32 Å². The van der Waals surface area contributed by atoms with Gasteiger partial charge < -0.3 is 14.8 Å². The van der Waals surface area contributed by atoms with Gasteiger partial charge in [-0.15, -0.1) is 0 Å². The molecule has 168 valence electrons. The zero-order chi connectivity index (χ0) is 23.3. The summed E-state index contributed by atoms with van der Waals surface area (Å²) in [6.45, 7) is 0. The maximum Gasteiger partial charge on any atom is 0.355 e. The van der Waals surface area contributed by atoms with Crippen LogP contribution in [0.2, 0.25) is 0 Å². The van der Waals surface area contributed by atoms with Crippen LogP contribution in [0.25, 0.3) is 0 Å². The number of hydrogen-bond donors (Lipinski definition) is 1. The topological polar surface area (TPSA) is 168 Å². The maximum atomic E-state index is 15.6. The molecule has 0 radical (unpaired) electrons. The minimum atomic E-state index is -3.18. The van der Waals surface area contributed by atoms with Gasteiger partial charge in [-0.3, -0.25) is 25.0 Å². The van der Waals surface area contributed by atoms with Crippen molar-refractivity contribution in [2.45, 2.75) is 37.4 Å². The first-order valence-corrected chi connectivity index (χ1v) is 9.16. The van der Waals surface area contributed by atoms with Crippen molar-refractivity contribution in [1.82, 2.24) is 5.32 Å². The lowest BCUT2D eigenvalue weighted by Gasteiger charge is -2.38. The molecule has 1 aromatic carbocycles. The van der Waals surface area contributed by atoms with Crippen molar-refractivity contribution in [3.63, 3.8) is 0 Å². The lowest BCUT2D eigenvalue weighted by molar-refractivity contribution is -0.394. The second-order valence-electron chi connectivity index (χ2n) is 6.92. The Balaban J connectivity index is 2.40. The molecule has 1 aliphatic rings. The van der Waals surface area contributed by atoms with Gasteiger partial charge >= 0.3 is 17.6 Å². The van der Waals surface area contributed by atoms with E-state index in [0.29, 0.717) is 18.9 Å².